The summed E-state index contributed by atoms with van der Waals surface area (Å²) in [5, 5.41) is 11.3. The van der Waals surface area contributed by atoms with Gasteiger partial charge in [-0.3, -0.25) is 10.1 Å². The minimum Gasteiger partial charge on any atom is -0.490 e. The third-order valence-corrected chi connectivity index (χ3v) is 5.53. The van der Waals surface area contributed by atoms with E-state index in [9.17, 15) is 10.1 Å². The number of rotatable bonds is 4. The first-order valence-electron chi connectivity index (χ1n) is 6.26. The first-order chi connectivity index (χ1) is 10.3. The van der Waals surface area contributed by atoms with Gasteiger partial charge in [-0.15, -0.1) is 0 Å². The van der Waals surface area contributed by atoms with E-state index in [4.69, 9.17) is 9.47 Å². The maximum Gasteiger partial charge on any atom is 0.353 e. The van der Waals surface area contributed by atoms with Gasteiger partial charge in [-0.05, 0) is 34.6 Å². The Hall–Kier alpha value is -0.610. The number of methoxy groups -OCH3 is 1. The van der Waals surface area contributed by atoms with Crippen molar-refractivity contribution in [3.8, 4) is 11.5 Å². The van der Waals surface area contributed by atoms with Gasteiger partial charge in [0.1, 0.15) is 5.76 Å². The first-order valence-corrected chi connectivity index (χ1v) is 9.05. The molecule has 0 radical (unpaired) electrons. The van der Waals surface area contributed by atoms with Crippen LogP contribution in [0.2, 0.25) is 0 Å². The Morgan fingerprint density at radius 3 is 2.55 bits per heavy atom. The Balaban J connectivity index is 2.46. The molecule has 0 amide bonds. The van der Waals surface area contributed by atoms with Crippen LogP contribution in [0.15, 0.2) is 38.1 Å². The van der Waals surface area contributed by atoms with Crippen molar-refractivity contribution in [2.75, 3.05) is 7.11 Å². The summed E-state index contributed by atoms with van der Waals surface area (Å²) in [5.74, 6) is 1.12. The zero-order valence-corrected chi connectivity index (χ0v) is 17.0. The summed E-state index contributed by atoms with van der Waals surface area (Å²) in [4.78, 5) is 11.1. The number of ether oxygens (including phenoxy) is 2. The number of hydrogen-bond donors (Lipinski definition) is 0. The number of allylic oxidation sites excluding steroid dienone is 3. The van der Waals surface area contributed by atoms with Crippen LogP contribution in [0.25, 0.3) is 0 Å². The second-order valence-corrected chi connectivity index (χ2v) is 7.80. The largest absolute Gasteiger partial charge is 0.490 e. The Bertz CT molecular complexity index is 675. The van der Waals surface area contributed by atoms with Crippen LogP contribution < -0.4 is 9.47 Å². The lowest BCUT2D eigenvalue weighted by Gasteiger charge is -2.21. The molecular formula is C14H12Br2INO4. The van der Waals surface area contributed by atoms with Crippen LogP contribution in [0.1, 0.15) is 6.92 Å². The molecule has 1 aromatic carbocycles. The maximum absolute atomic E-state index is 11.3. The highest BCUT2D eigenvalue weighted by Crippen LogP contribution is 2.42. The maximum atomic E-state index is 11.3. The lowest BCUT2D eigenvalue weighted by molar-refractivity contribution is -0.386. The average molecular weight is 545 g/mol. The molecule has 118 valence electrons. The normalized spacial score (nSPS) is 21.0. The molecule has 0 N–H and O–H groups in total. The van der Waals surface area contributed by atoms with E-state index >= 15 is 0 Å². The fourth-order valence-electron chi connectivity index (χ4n) is 1.95. The molecular weight excluding hydrogens is 533 g/mol. The molecule has 0 saturated heterocycles. The van der Waals surface area contributed by atoms with Crippen molar-refractivity contribution in [1.29, 1.82) is 0 Å². The van der Waals surface area contributed by atoms with E-state index in [-0.39, 0.29) is 27.9 Å². The molecule has 0 bridgehead atoms. The summed E-state index contributed by atoms with van der Waals surface area (Å²) >= 11 is 9.03. The molecule has 0 heterocycles. The zero-order valence-electron chi connectivity index (χ0n) is 11.7. The second-order valence-electron chi connectivity index (χ2n) is 4.66. The van der Waals surface area contributed by atoms with Crippen LogP contribution in [0.5, 0.6) is 11.5 Å². The van der Waals surface area contributed by atoms with Crippen molar-refractivity contribution in [3.05, 3.63) is 48.2 Å². The molecule has 0 fully saturated rings. The first kappa shape index (κ1) is 17.7. The molecule has 5 nitrogen and oxygen atoms in total. The third-order valence-electron chi connectivity index (χ3n) is 3.08. The van der Waals surface area contributed by atoms with Crippen LogP contribution in [0.3, 0.4) is 0 Å². The molecule has 0 aliphatic heterocycles. The van der Waals surface area contributed by atoms with E-state index in [2.05, 4.69) is 54.5 Å². The number of nitro groups is 1. The van der Waals surface area contributed by atoms with Crippen molar-refractivity contribution in [2.45, 2.75) is 11.8 Å². The van der Waals surface area contributed by atoms with Crippen molar-refractivity contribution >= 4 is 60.1 Å². The van der Waals surface area contributed by atoms with Gasteiger partial charge in [-0.2, -0.15) is 0 Å². The molecule has 1 aliphatic carbocycles. The quantitative estimate of drug-likeness (QED) is 0.222. The molecule has 2 unspecified atom stereocenters. The molecule has 1 aliphatic rings. The predicted octanol–water partition coefficient (Wildman–Crippen LogP) is 5.36. The van der Waals surface area contributed by atoms with Crippen LogP contribution in [0.4, 0.5) is 5.69 Å². The molecule has 2 atom stereocenters. The lowest BCUT2D eigenvalue weighted by atomic mass is 10.0. The molecule has 0 aromatic heterocycles. The Labute approximate surface area is 158 Å². The van der Waals surface area contributed by atoms with Crippen LogP contribution in [0, 0.1) is 16.0 Å². The third kappa shape index (κ3) is 3.83. The van der Waals surface area contributed by atoms with Gasteiger partial charge in [-0.25, -0.2) is 0 Å². The fourth-order valence-corrected chi connectivity index (χ4v) is 3.95. The average Bonchev–Trinajstić information content (AvgIpc) is 2.43. The van der Waals surface area contributed by atoms with E-state index < -0.39 is 4.92 Å². The summed E-state index contributed by atoms with van der Waals surface area (Å²) in [6, 6.07) is 3.11. The summed E-state index contributed by atoms with van der Waals surface area (Å²) in [6.45, 7) is 2.04. The van der Waals surface area contributed by atoms with E-state index in [0.29, 0.717) is 10.2 Å². The van der Waals surface area contributed by atoms with Gasteiger partial charge in [0.15, 0.2) is 0 Å². The predicted molar refractivity (Wildman–Crippen MR) is 100 cm³/mol. The highest BCUT2D eigenvalue weighted by Gasteiger charge is 2.27. The van der Waals surface area contributed by atoms with Crippen molar-refractivity contribution in [2.24, 2.45) is 5.92 Å². The van der Waals surface area contributed by atoms with Crippen LogP contribution in [-0.4, -0.2) is 16.9 Å². The van der Waals surface area contributed by atoms with E-state index in [1.807, 2.05) is 19.1 Å². The molecule has 0 saturated carbocycles. The smallest absolute Gasteiger partial charge is 0.353 e. The number of alkyl halides is 1. The molecule has 1 aromatic rings. The summed E-state index contributed by atoms with van der Waals surface area (Å²) in [7, 11) is 1.39. The van der Waals surface area contributed by atoms with Gasteiger partial charge in [0, 0.05) is 21.4 Å². The van der Waals surface area contributed by atoms with E-state index in [0.717, 1.165) is 3.58 Å². The zero-order chi connectivity index (χ0) is 16.4. The minimum absolute atomic E-state index is 0.144. The molecule has 8 heteroatoms. The van der Waals surface area contributed by atoms with Gasteiger partial charge in [0.25, 0.3) is 0 Å². The van der Waals surface area contributed by atoms with Gasteiger partial charge in [-0.1, -0.05) is 44.9 Å². The van der Waals surface area contributed by atoms with Crippen molar-refractivity contribution < 1.29 is 14.4 Å². The highest BCUT2D eigenvalue weighted by molar-refractivity contribution is 14.1. The van der Waals surface area contributed by atoms with Gasteiger partial charge in [0.2, 0.25) is 11.5 Å². The Morgan fingerprint density at radius 1 is 1.32 bits per heavy atom. The van der Waals surface area contributed by atoms with E-state index in [1.54, 1.807) is 6.07 Å². The number of nitro benzene ring substituents is 1. The van der Waals surface area contributed by atoms with Crippen molar-refractivity contribution in [3.63, 3.8) is 0 Å². The lowest BCUT2D eigenvalue weighted by Crippen LogP contribution is -2.14. The topological polar surface area (TPSA) is 61.6 Å². The fraction of sp³-hybridized carbons (Fsp3) is 0.286. The molecule has 22 heavy (non-hydrogen) atoms. The van der Waals surface area contributed by atoms with E-state index in [1.165, 1.54) is 13.2 Å². The summed E-state index contributed by atoms with van der Waals surface area (Å²) in [5.41, 5.74) is -0.190. The number of hydrogen-bond acceptors (Lipinski definition) is 4. The SMILES string of the molecule is COc1cc(Br)cc(OC2=CC(C)C(Br)C=C2I)c1[N+](=O)[O-]. The number of nitrogens with zero attached hydrogens (tertiary/aromatic N) is 1. The van der Waals surface area contributed by atoms with Crippen molar-refractivity contribution in [1.82, 2.24) is 0 Å². The Kier molecular flexibility index (Phi) is 5.89. The van der Waals surface area contributed by atoms with Gasteiger partial charge >= 0.3 is 5.69 Å². The minimum atomic E-state index is -0.503. The standard InChI is InChI=1S/C14H12Br2INO4/c1-7-3-11(10(17)6-9(7)16)22-13-5-8(15)4-12(21-2)14(13)18(19)20/h3-7,9H,1-2H3. The van der Waals surface area contributed by atoms with Crippen LogP contribution >= 0.6 is 54.5 Å². The van der Waals surface area contributed by atoms with Gasteiger partial charge in [0.05, 0.1) is 15.6 Å². The monoisotopic (exact) mass is 543 g/mol. The molecule has 2 rings (SSSR count). The Morgan fingerprint density at radius 2 is 1.95 bits per heavy atom. The van der Waals surface area contributed by atoms with Gasteiger partial charge < -0.3 is 9.47 Å². The summed E-state index contributed by atoms with van der Waals surface area (Å²) < 4.78 is 12.4. The summed E-state index contributed by atoms with van der Waals surface area (Å²) in [6.07, 6.45) is 3.96. The number of halogens is 3. The van der Waals surface area contributed by atoms with Crippen LogP contribution in [-0.2, 0) is 0 Å². The highest BCUT2D eigenvalue weighted by atomic mass is 127. The second kappa shape index (κ2) is 7.31. The molecule has 0 spiro atoms. The number of benzene rings is 1.